The van der Waals surface area contributed by atoms with Gasteiger partial charge in [-0.2, -0.15) is 12.6 Å². The van der Waals surface area contributed by atoms with Gasteiger partial charge in [0.2, 0.25) is 5.91 Å². The Morgan fingerprint density at radius 1 is 1.45 bits per heavy atom. The Kier molecular flexibility index (Phi) is 4.70. The summed E-state index contributed by atoms with van der Waals surface area (Å²) in [5, 5.41) is 9.12. The van der Waals surface area contributed by atoms with Crippen LogP contribution in [0.5, 0.6) is 0 Å². The zero-order chi connectivity index (χ0) is 14.7. The molecule has 1 amide bonds. The predicted octanol–water partition coefficient (Wildman–Crippen LogP) is 2.29. The molecule has 20 heavy (non-hydrogen) atoms. The van der Waals surface area contributed by atoms with Gasteiger partial charge in [-0.25, -0.2) is 0 Å². The monoisotopic (exact) mass is 293 g/mol. The summed E-state index contributed by atoms with van der Waals surface area (Å²) in [4.78, 5) is 24.9. The summed E-state index contributed by atoms with van der Waals surface area (Å²) in [7, 11) is 0. The average Bonchev–Trinajstić information content (AvgIpc) is 2.78. The number of carboxylic acid groups (broad SMARTS) is 1. The van der Waals surface area contributed by atoms with E-state index in [1.807, 2.05) is 31.2 Å². The molecular weight excluding hydrogens is 274 g/mol. The van der Waals surface area contributed by atoms with Gasteiger partial charge in [0.25, 0.3) is 0 Å². The van der Waals surface area contributed by atoms with Gasteiger partial charge in [0.05, 0.1) is 12.5 Å². The first-order chi connectivity index (χ1) is 9.51. The second kappa shape index (κ2) is 6.31. The second-order valence-corrected chi connectivity index (χ2v) is 5.69. The van der Waals surface area contributed by atoms with Crippen molar-refractivity contribution >= 4 is 24.5 Å². The van der Waals surface area contributed by atoms with Gasteiger partial charge in [-0.05, 0) is 24.2 Å². The summed E-state index contributed by atoms with van der Waals surface area (Å²) in [6.45, 7) is 2.57. The third-order valence-corrected chi connectivity index (χ3v) is 4.22. The minimum atomic E-state index is -0.891. The van der Waals surface area contributed by atoms with E-state index < -0.39 is 5.97 Å². The molecule has 1 aliphatic heterocycles. The highest BCUT2D eigenvalue weighted by molar-refractivity contribution is 7.80. The number of rotatable bonds is 5. The molecule has 1 fully saturated rings. The van der Waals surface area contributed by atoms with Crippen molar-refractivity contribution in [2.45, 2.75) is 25.8 Å². The van der Waals surface area contributed by atoms with Crippen molar-refractivity contribution < 1.29 is 14.7 Å². The Hall–Kier alpha value is -1.49. The lowest BCUT2D eigenvalue weighted by atomic mass is 10.0. The number of carbonyl (C=O) groups excluding carboxylic acids is 1. The van der Waals surface area contributed by atoms with E-state index in [1.165, 1.54) is 0 Å². The maximum Gasteiger partial charge on any atom is 0.305 e. The second-order valence-electron chi connectivity index (χ2n) is 5.32. The molecule has 2 atom stereocenters. The molecule has 4 nitrogen and oxygen atoms in total. The lowest BCUT2D eigenvalue weighted by Gasteiger charge is -2.27. The van der Waals surface area contributed by atoms with Crippen molar-refractivity contribution in [1.82, 2.24) is 4.90 Å². The summed E-state index contributed by atoms with van der Waals surface area (Å²) in [5.41, 5.74) is 2.00. The minimum Gasteiger partial charge on any atom is -0.481 e. The van der Waals surface area contributed by atoms with E-state index in [1.54, 1.807) is 4.90 Å². The first-order valence-electron chi connectivity index (χ1n) is 6.70. The Bertz CT molecular complexity index is 500. The first kappa shape index (κ1) is 14.9. The molecule has 0 aromatic heterocycles. The van der Waals surface area contributed by atoms with Gasteiger partial charge in [0.1, 0.15) is 0 Å². The standard InChI is InChI=1S/C15H19NO3S/c1-10-2-4-12(5-3-10)13(7-15(18)19)16-8-11(9-20)6-14(16)17/h2-5,11,13,20H,6-9H2,1H3,(H,18,19). The van der Waals surface area contributed by atoms with Crippen LogP contribution in [0.4, 0.5) is 0 Å². The zero-order valence-electron chi connectivity index (χ0n) is 11.5. The molecule has 0 saturated carbocycles. The van der Waals surface area contributed by atoms with Crippen LogP contribution in [0.15, 0.2) is 24.3 Å². The largest absolute Gasteiger partial charge is 0.481 e. The molecule has 1 N–H and O–H groups in total. The van der Waals surface area contributed by atoms with Gasteiger partial charge in [0, 0.05) is 13.0 Å². The number of hydrogen-bond donors (Lipinski definition) is 2. The number of nitrogens with zero attached hydrogens (tertiary/aromatic N) is 1. The first-order valence-corrected chi connectivity index (χ1v) is 7.33. The third-order valence-electron chi connectivity index (χ3n) is 3.70. The average molecular weight is 293 g/mol. The number of amides is 1. The van der Waals surface area contributed by atoms with Gasteiger partial charge >= 0.3 is 5.97 Å². The van der Waals surface area contributed by atoms with Crippen LogP contribution in [0.3, 0.4) is 0 Å². The van der Waals surface area contributed by atoms with Crippen LogP contribution in [0.2, 0.25) is 0 Å². The topological polar surface area (TPSA) is 57.6 Å². The molecule has 108 valence electrons. The highest BCUT2D eigenvalue weighted by atomic mass is 32.1. The van der Waals surface area contributed by atoms with E-state index >= 15 is 0 Å². The zero-order valence-corrected chi connectivity index (χ0v) is 12.3. The van der Waals surface area contributed by atoms with Crippen LogP contribution >= 0.6 is 12.6 Å². The molecule has 0 spiro atoms. The highest BCUT2D eigenvalue weighted by Gasteiger charge is 2.35. The van der Waals surface area contributed by atoms with Crippen molar-refractivity contribution in [1.29, 1.82) is 0 Å². The molecule has 2 unspecified atom stereocenters. The molecular formula is C15H19NO3S. The van der Waals surface area contributed by atoms with Crippen LogP contribution < -0.4 is 0 Å². The van der Waals surface area contributed by atoms with E-state index in [-0.39, 0.29) is 24.3 Å². The summed E-state index contributed by atoms with van der Waals surface area (Å²) < 4.78 is 0. The number of carboxylic acids is 1. The van der Waals surface area contributed by atoms with E-state index in [4.69, 9.17) is 5.11 Å². The van der Waals surface area contributed by atoms with E-state index in [0.29, 0.717) is 18.7 Å². The van der Waals surface area contributed by atoms with Crippen LogP contribution in [-0.2, 0) is 9.59 Å². The lowest BCUT2D eigenvalue weighted by molar-refractivity contribution is -0.139. The summed E-state index contributed by atoms with van der Waals surface area (Å²) in [5.74, 6) is -0.00297. The van der Waals surface area contributed by atoms with E-state index in [2.05, 4.69) is 12.6 Å². The predicted molar refractivity (Wildman–Crippen MR) is 79.8 cm³/mol. The van der Waals surface area contributed by atoms with Gasteiger partial charge in [0.15, 0.2) is 0 Å². The fraction of sp³-hybridized carbons (Fsp3) is 0.467. The number of likely N-dealkylation sites (tertiary alicyclic amines) is 1. The normalized spacial score (nSPS) is 20.2. The number of aryl methyl sites for hydroxylation is 1. The SMILES string of the molecule is Cc1ccc(C(CC(=O)O)N2CC(CS)CC2=O)cc1. The van der Waals surface area contributed by atoms with Crippen molar-refractivity contribution in [2.75, 3.05) is 12.3 Å². The number of hydrogen-bond acceptors (Lipinski definition) is 3. The third kappa shape index (κ3) is 3.33. The molecule has 0 aliphatic carbocycles. The molecule has 0 radical (unpaired) electrons. The van der Waals surface area contributed by atoms with Crippen molar-refractivity contribution in [3.63, 3.8) is 0 Å². The lowest BCUT2D eigenvalue weighted by Crippen LogP contribution is -2.32. The Morgan fingerprint density at radius 3 is 2.60 bits per heavy atom. The Labute approximate surface area is 124 Å². The molecule has 1 heterocycles. The fourth-order valence-corrected chi connectivity index (χ4v) is 2.84. The van der Waals surface area contributed by atoms with Crippen LogP contribution in [-0.4, -0.2) is 34.2 Å². The Morgan fingerprint density at radius 2 is 2.10 bits per heavy atom. The summed E-state index contributed by atoms with van der Waals surface area (Å²) in [6.07, 6.45) is 0.402. The van der Waals surface area contributed by atoms with E-state index in [9.17, 15) is 9.59 Å². The number of benzene rings is 1. The fourth-order valence-electron chi connectivity index (χ4n) is 2.59. The maximum atomic E-state index is 12.1. The quantitative estimate of drug-likeness (QED) is 0.819. The minimum absolute atomic E-state index is 0.0240. The molecule has 2 rings (SSSR count). The molecule has 1 aromatic carbocycles. The highest BCUT2D eigenvalue weighted by Crippen LogP contribution is 2.31. The summed E-state index contributed by atoms with van der Waals surface area (Å²) in [6, 6.07) is 7.32. The smallest absolute Gasteiger partial charge is 0.305 e. The van der Waals surface area contributed by atoms with Crippen molar-refractivity contribution in [2.24, 2.45) is 5.92 Å². The number of aliphatic carboxylic acids is 1. The molecule has 1 aromatic rings. The van der Waals surface area contributed by atoms with E-state index in [0.717, 1.165) is 11.1 Å². The molecule has 5 heteroatoms. The van der Waals surface area contributed by atoms with Gasteiger partial charge in [-0.3, -0.25) is 9.59 Å². The van der Waals surface area contributed by atoms with Crippen molar-refractivity contribution in [3.05, 3.63) is 35.4 Å². The maximum absolute atomic E-state index is 12.1. The van der Waals surface area contributed by atoms with Gasteiger partial charge in [-0.1, -0.05) is 29.8 Å². The molecule has 1 aliphatic rings. The van der Waals surface area contributed by atoms with Crippen molar-refractivity contribution in [3.8, 4) is 0 Å². The number of thiol groups is 1. The summed E-state index contributed by atoms with van der Waals surface area (Å²) >= 11 is 4.24. The van der Waals surface area contributed by atoms with Gasteiger partial charge in [-0.15, -0.1) is 0 Å². The van der Waals surface area contributed by atoms with Crippen LogP contribution in [0.1, 0.15) is 30.0 Å². The van der Waals surface area contributed by atoms with Gasteiger partial charge < -0.3 is 10.0 Å². The van der Waals surface area contributed by atoms with Crippen LogP contribution in [0.25, 0.3) is 0 Å². The molecule has 1 saturated heterocycles. The number of carbonyl (C=O) groups is 2. The Balaban J connectivity index is 2.26. The molecule has 0 bridgehead atoms. The van der Waals surface area contributed by atoms with Crippen LogP contribution in [0, 0.1) is 12.8 Å².